The van der Waals surface area contributed by atoms with Gasteiger partial charge < -0.3 is 14.6 Å². The molecule has 31 heavy (non-hydrogen) atoms. The van der Waals surface area contributed by atoms with E-state index in [0.717, 1.165) is 17.0 Å². The lowest BCUT2D eigenvalue weighted by Crippen LogP contribution is -2.38. The molecule has 0 aliphatic carbocycles. The minimum atomic E-state index is -4.65. The second-order valence-electron chi connectivity index (χ2n) is 6.69. The molecule has 0 spiro atoms. The Hall–Kier alpha value is -3.62. The fraction of sp³-hybridized carbons (Fsp3) is 0.182. The van der Waals surface area contributed by atoms with Gasteiger partial charge in [-0.15, -0.1) is 0 Å². The molecule has 0 bridgehead atoms. The molecule has 0 saturated carbocycles. The SMILES string of the molecule is O=C(CN(Cc1ccco1)C(=O)Cc1ccccc1F)Nc1ccccc1C(F)(F)F. The fourth-order valence-corrected chi connectivity index (χ4v) is 2.94. The van der Waals surface area contributed by atoms with Crippen LogP contribution in [0.4, 0.5) is 23.2 Å². The number of benzene rings is 2. The summed E-state index contributed by atoms with van der Waals surface area (Å²) in [5, 5.41) is 2.20. The van der Waals surface area contributed by atoms with Crippen molar-refractivity contribution in [1.29, 1.82) is 0 Å². The molecule has 0 aliphatic rings. The van der Waals surface area contributed by atoms with Gasteiger partial charge in [-0.05, 0) is 35.9 Å². The molecule has 2 amide bonds. The van der Waals surface area contributed by atoms with Crippen LogP contribution in [-0.2, 0) is 28.7 Å². The van der Waals surface area contributed by atoms with Crippen LogP contribution in [0.3, 0.4) is 0 Å². The summed E-state index contributed by atoms with van der Waals surface area (Å²) in [6.45, 7) is -0.644. The number of halogens is 4. The first kappa shape index (κ1) is 22.1. The Labute approximate surface area is 175 Å². The normalized spacial score (nSPS) is 11.2. The highest BCUT2D eigenvalue weighted by molar-refractivity contribution is 5.95. The van der Waals surface area contributed by atoms with Crippen LogP contribution in [0.5, 0.6) is 0 Å². The van der Waals surface area contributed by atoms with Gasteiger partial charge in [-0.3, -0.25) is 9.59 Å². The number of nitrogens with one attached hydrogen (secondary N) is 1. The molecule has 0 radical (unpaired) electrons. The monoisotopic (exact) mass is 434 g/mol. The van der Waals surface area contributed by atoms with Gasteiger partial charge in [-0.2, -0.15) is 13.2 Å². The lowest BCUT2D eigenvalue weighted by molar-refractivity contribution is -0.137. The standard InChI is InChI=1S/C22H18F4N2O3/c23-18-9-3-1-6-15(18)12-21(30)28(13-16-7-5-11-31-16)14-20(29)27-19-10-4-2-8-17(19)22(24,25)26/h1-11H,12-14H2,(H,27,29). The van der Waals surface area contributed by atoms with Crippen LogP contribution in [0, 0.1) is 5.82 Å². The smallest absolute Gasteiger partial charge is 0.418 e. The first-order chi connectivity index (χ1) is 14.7. The van der Waals surface area contributed by atoms with Crippen molar-refractivity contribution in [2.75, 3.05) is 11.9 Å². The van der Waals surface area contributed by atoms with Crippen LogP contribution >= 0.6 is 0 Å². The molecule has 1 aromatic heterocycles. The Balaban J connectivity index is 1.76. The molecular formula is C22H18F4N2O3. The molecule has 3 rings (SSSR count). The maximum Gasteiger partial charge on any atom is 0.418 e. The van der Waals surface area contributed by atoms with E-state index in [0.29, 0.717) is 5.76 Å². The summed E-state index contributed by atoms with van der Waals surface area (Å²) >= 11 is 0. The number of hydrogen-bond donors (Lipinski definition) is 1. The third kappa shape index (κ3) is 5.94. The first-order valence-electron chi connectivity index (χ1n) is 9.23. The van der Waals surface area contributed by atoms with E-state index in [1.165, 1.54) is 36.6 Å². The molecule has 1 N–H and O–H groups in total. The fourth-order valence-electron chi connectivity index (χ4n) is 2.94. The number of carbonyl (C=O) groups excluding carboxylic acids is 2. The van der Waals surface area contributed by atoms with Crippen molar-refractivity contribution in [2.45, 2.75) is 19.1 Å². The number of hydrogen-bond acceptors (Lipinski definition) is 3. The molecular weight excluding hydrogens is 416 g/mol. The minimum absolute atomic E-state index is 0.103. The van der Waals surface area contributed by atoms with Gasteiger partial charge in [0.1, 0.15) is 18.1 Å². The van der Waals surface area contributed by atoms with Crippen LogP contribution in [0.25, 0.3) is 0 Å². The van der Waals surface area contributed by atoms with Gasteiger partial charge in [0, 0.05) is 0 Å². The van der Waals surface area contributed by atoms with Crippen LogP contribution < -0.4 is 5.32 Å². The van der Waals surface area contributed by atoms with Crippen LogP contribution in [0.15, 0.2) is 71.3 Å². The molecule has 1 heterocycles. The van der Waals surface area contributed by atoms with Gasteiger partial charge in [-0.1, -0.05) is 30.3 Å². The number of rotatable bonds is 7. The summed E-state index contributed by atoms with van der Waals surface area (Å²) in [7, 11) is 0. The van der Waals surface area contributed by atoms with Crippen LogP contribution in [0.2, 0.25) is 0 Å². The molecule has 2 aromatic carbocycles. The van der Waals surface area contributed by atoms with E-state index in [4.69, 9.17) is 4.42 Å². The van der Waals surface area contributed by atoms with E-state index < -0.39 is 41.6 Å². The molecule has 5 nitrogen and oxygen atoms in total. The minimum Gasteiger partial charge on any atom is -0.467 e. The van der Waals surface area contributed by atoms with Crippen molar-refractivity contribution >= 4 is 17.5 Å². The Morgan fingerprint density at radius 2 is 1.68 bits per heavy atom. The third-order valence-electron chi connectivity index (χ3n) is 4.42. The number of anilines is 1. The van der Waals surface area contributed by atoms with Crippen molar-refractivity contribution < 1.29 is 31.6 Å². The molecule has 3 aromatic rings. The highest BCUT2D eigenvalue weighted by Gasteiger charge is 2.33. The second kappa shape index (κ2) is 9.46. The number of furan rings is 1. The Morgan fingerprint density at radius 3 is 2.35 bits per heavy atom. The number of amides is 2. The lowest BCUT2D eigenvalue weighted by atomic mass is 10.1. The predicted octanol–water partition coefficient (Wildman–Crippen LogP) is 4.65. The summed E-state index contributed by atoms with van der Waals surface area (Å²) in [5.74, 6) is -1.62. The van der Waals surface area contributed by atoms with Crippen molar-refractivity contribution in [3.05, 3.63) is 89.6 Å². The maximum absolute atomic E-state index is 13.9. The van der Waals surface area contributed by atoms with Crippen LogP contribution in [-0.4, -0.2) is 23.3 Å². The number of alkyl halides is 3. The molecule has 0 saturated heterocycles. The van der Waals surface area contributed by atoms with E-state index in [9.17, 15) is 27.2 Å². The van der Waals surface area contributed by atoms with E-state index >= 15 is 0 Å². The average molecular weight is 434 g/mol. The molecule has 9 heteroatoms. The molecule has 0 fully saturated rings. The summed E-state index contributed by atoms with van der Waals surface area (Å²) in [4.78, 5) is 26.3. The molecule has 0 unspecified atom stereocenters. The van der Waals surface area contributed by atoms with Crippen molar-refractivity contribution in [3.8, 4) is 0 Å². The Bertz CT molecular complexity index is 1050. The zero-order valence-electron chi connectivity index (χ0n) is 16.2. The average Bonchev–Trinajstić information content (AvgIpc) is 3.22. The highest BCUT2D eigenvalue weighted by atomic mass is 19.4. The first-order valence-corrected chi connectivity index (χ1v) is 9.23. The zero-order valence-corrected chi connectivity index (χ0v) is 16.2. The molecule has 0 aliphatic heterocycles. The zero-order chi connectivity index (χ0) is 22.4. The highest BCUT2D eigenvalue weighted by Crippen LogP contribution is 2.34. The van der Waals surface area contributed by atoms with E-state index in [1.807, 2.05) is 0 Å². The van der Waals surface area contributed by atoms with E-state index in [2.05, 4.69) is 5.32 Å². The molecule has 162 valence electrons. The summed E-state index contributed by atoms with van der Waals surface area (Å²) in [6.07, 6.45) is -3.59. The van der Waals surface area contributed by atoms with E-state index in [-0.39, 0.29) is 18.5 Å². The Morgan fingerprint density at radius 1 is 0.968 bits per heavy atom. The lowest BCUT2D eigenvalue weighted by Gasteiger charge is -2.22. The van der Waals surface area contributed by atoms with Gasteiger partial charge in [0.15, 0.2) is 0 Å². The van der Waals surface area contributed by atoms with Crippen molar-refractivity contribution in [3.63, 3.8) is 0 Å². The third-order valence-corrected chi connectivity index (χ3v) is 4.42. The van der Waals surface area contributed by atoms with Gasteiger partial charge in [0.05, 0.1) is 30.5 Å². The topological polar surface area (TPSA) is 62.6 Å². The number of carbonyl (C=O) groups is 2. The maximum atomic E-state index is 13.9. The summed E-state index contributed by atoms with van der Waals surface area (Å²) < 4.78 is 58.6. The van der Waals surface area contributed by atoms with Gasteiger partial charge in [0.25, 0.3) is 0 Å². The van der Waals surface area contributed by atoms with Gasteiger partial charge in [0.2, 0.25) is 11.8 Å². The Kier molecular flexibility index (Phi) is 6.74. The summed E-state index contributed by atoms with van der Waals surface area (Å²) in [5.41, 5.74) is -1.28. The van der Waals surface area contributed by atoms with Gasteiger partial charge >= 0.3 is 6.18 Å². The number of para-hydroxylation sites is 1. The molecule has 0 atom stereocenters. The predicted molar refractivity (Wildman–Crippen MR) is 104 cm³/mol. The van der Waals surface area contributed by atoms with Gasteiger partial charge in [-0.25, -0.2) is 4.39 Å². The van der Waals surface area contributed by atoms with Crippen molar-refractivity contribution in [1.82, 2.24) is 4.90 Å². The largest absolute Gasteiger partial charge is 0.467 e. The van der Waals surface area contributed by atoms with E-state index in [1.54, 1.807) is 18.2 Å². The van der Waals surface area contributed by atoms with Crippen LogP contribution in [0.1, 0.15) is 16.9 Å². The quantitative estimate of drug-likeness (QED) is 0.551. The second-order valence-corrected chi connectivity index (χ2v) is 6.69. The van der Waals surface area contributed by atoms with Crippen molar-refractivity contribution in [2.24, 2.45) is 0 Å². The summed E-state index contributed by atoms with van der Waals surface area (Å²) in [6, 6.07) is 13.4. The number of nitrogens with zero attached hydrogens (tertiary/aromatic N) is 1.